The molecule has 18 heteroatoms. The Morgan fingerprint density at radius 3 is 0.510 bits per heavy atom. The van der Waals surface area contributed by atoms with Gasteiger partial charge in [-0.3, -0.25) is 0 Å². The fraction of sp³-hybridized carbons (Fsp3) is 0.308. The Morgan fingerprint density at radius 2 is 0.385 bits per heavy atom. The largest absolute Gasteiger partial charge is 0.744 e. The average molecular weight is 1410 g/mol. The van der Waals surface area contributed by atoms with Gasteiger partial charge in [-0.05, 0) is 262 Å². The molecule has 516 valence electrons. The molecule has 0 aliphatic rings. The molecule has 0 saturated carbocycles. The Morgan fingerprint density at radius 1 is 0.250 bits per heavy atom. The third-order valence-corrected chi connectivity index (χ3v) is 28.0. The lowest BCUT2D eigenvalue weighted by Crippen LogP contribution is -3.09. The summed E-state index contributed by atoms with van der Waals surface area (Å²) in [5, 5.41) is 9.71. The third-order valence-electron chi connectivity index (χ3n) is 16.7. The molecule has 0 radical (unpaired) electrons. The van der Waals surface area contributed by atoms with E-state index >= 15 is 0 Å². The summed E-state index contributed by atoms with van der Waals surface area (Å²) in [7, 11) is -3.48. The standard InChI is InChI=1S/3C21H21O3PS.3C5H13N/c3*1-15-8-4-6-10-19(15)25(20-11-7-5-9-16(20)2)21-14-18(26(22,23)24)13-12-17(21)3;3*1-5(2)6(3)4/h3*4-14H,1-3H3,(H,22,23,24);3*5H,1-4H3. The monoisotopic (exact) mass is 1410 g/mol. The van der Waals surface area contributed by atoms with Crippen molar-refractivity contribution in [1.29, 1.82) is 0 Å². The summed E-state index contributed by atoms with van der Waals surface area (Å²) >= 11 is 0. The second-order valence-corrected chi connectivity index (χ2v) is 36.1. The van der Waals surface area contributed by atoms with Crippen LogP contribution >= 0.6 is 23.8 Å². The zero-order valence-electron chi connectivity index (χ0n) is 60.0. The molecule has 0 aliphatic carbocycles. The Balaban J connectivity index is 0.000000271. The molecule has 0 atom stereocenters. The summed E-state index contributed by atoms with van der Waals surface area (Å²) in [5.41, 5.74) is 9.84. The van der Waals surface area contributed by atoms with Crippen LogP contribution in [-0.2, 0) is 30.4 Å². The van der Waals surface area contributed by atoms with Gasteiger partial charge in [0.05, 0.1) is 75.1 Å². The summed E-state index contributed by atoms with van der Waals surface area (Å²) in [6.45, 7) is 31.5. The second kappa shape index (κ2) is 37.7. The van der Waals surface area contributed by atoms with Crippen LogP contribution < -0.4 is 62.4 Å². The van der Waals surface area contributed by atoms with Crippen LogP contribution in [0.25, 0.3) is 0 Å². The molecule has 96 heavy (non-hydrogen) atoms. The van der Waals surface area contributed by atoms with Gasteiger partial charge < -0.3 is 28.4 Å². The molecule has 12 nitrogen and oxygen atoms in total. The van der Waals surface area contributed by atoms with Gasteiger partial charge in [-0.2, -0.15) is 0 Å². The zero-order chi connectivity index (χ0) is 72.2. The first-order chi connectivity index (χ1) is 44.8. The lowest BCUT2D eigenvalue weighted by Gasteiger charge is -2.25. The maximum absolute atomic E-state index is 11.6. The minimum Gasteiger partial charge on any atom is -0.744 e. The summed E-state index contributed by atoms with van der Waals surface area (Å²) in [4.78, 5) is 4.01. The van der Waals surface area contributed by atoms with Crippen LogP contribution in [0, 0.1) is 62.3 Å². The average Bonchev–Trinajstić information content (AvgIpc) is 0.795. The number of hydrogen-bond acceptors (Lipinski definition) is 9. The van der Waals surface area contributed by atoms with Crippen LogP contribution in [0.4, 0.5) is 0 Å². The van der Waals surface area contributed by atoms with Gasteiger partial charge >= 0.3 is 0 Å². The lowest BCUT2D eigenvalue weighted by atomic mass is 10.2. The van der Waals surface area contributed by atoms with Crippen LogP contribution in [0.2, 0.25) is 0 Å². The van der Waals surface area contributed by atoms with E-state index in [1.54, 1.807) is 36.4 Å². The molecule has 9 aromatic rings. The highest BCUT2D eigenvalue weighted by atomic mass is 32.2. The number of nitrogens with one attached hydrogen (secondary N) is 3. The van der Waals surface area contributed by atoms with E-state index in [2.05, 4.69) is 198 Å². The van der Waals surface area contributed by atoms with Crippen LogP contribution in [0.15, 0.2) is 215 Å². The van der Waals surface area contributed by atoms with Gasteiger partial charge in [0.15, 0.2) is 0 Å². The highest BCUT2D eigenvalue weighted by Gasteiger charge is 2.26. The molecule has 0 saturated heterocycles. The topological polar surface area (TPSA) is 185 Å². The Kier molecular flexibility index (Phi) is 32.3. The molecule has 9 aromatic carbocycles. The van der Waals surface area contributed by atoms with Crippen LogP contribution in [-0.4, -0.2) is 99.3 Å². The van der Waals surface area contributed by atoms with Crippen molar-refractivity contribution in [1.82, 2.24) is 0 Å². The van der Waals surface area contributed by atoms with Crippen molar-refractivity contribution in [2.45, 2.75) is 137 Å². The van der Waals surface area contributed by atoms with Crippen molar-refractivity contribution in [3.05, 3.63) is 250 Å². The van der Waals surface area contributed by atoms with E-state index in [-0.39, 0.29) is 14.7 Å². The molecule has 0 aromatic heterocycles. The zero-order valence-corrected chi connectivity index (χ0v) is 65.2. The summed E-state index contributed by atoms with van der Waals surface area (Å²) < 4.78 is 104. The van der Waals surface area contributed by atoms with Crippen LogP contribution in [0.3, 0.4) is 0 Å². The maximum atomic E-state index is 11.6. The van der Waals surface area contributed by atoms with Crippen LogP contribution in [0.1, 0.15) is 91.6 Å². The summed E-state index contributed by atoms with van der Waals surface area (Å²) in [5.74, 6) is 0. The molecule has 0 amide bonds. The Labute approximate surface area is 580 Å². The molecule has 0 bridgehead atoms. The smallest absolute Gasteiger partial charge is 0.124 e. The molecule has 9 rings (SSSR count). The molecular weight excluding hydrogens is 1310 g/mol. The van der Waals surface area contributed by atoms with Crippen molar-refractivity contribution < 1.29 is 53.6 Å². The fourth-order valence-electron chi connectivity index (χ4n) is 9.01. The normalized spacial score (nSPS) is 11.6. The van der Waals surface area contributed by atoms with Gasteiger partial charge in [-0.25, -0.2) is 25.3 Å². The lowest BCUT2D eigenvalue weighted by molar-refractivity contribution is -0.881. The third kappa shape index (κ3) is 24.4. The predicted molar refractivity (Wildman–Crippen MR) is 406 cm³/mol. The van der Waals surface area contributed by atoms with E-state index in [9.17, 15) is 38.9 Å². The van der Waals surface area contributed by atoms with E-state index in [4.69, 9.17) is 0 Å². The van der Waals surface area contributed by atoms with E-state index in [1.807, 2.05) is 93.6 Å². The van der Waals surface area contributed by atoms with E-state index in [0.717, 1.165) is 84.1 Å². The molecule has 3 N–H and O–H groups in total. The van der Waals surface area contributed by atoms with Crippen molar-refractivity contribution >= 4 is 102 Å². The molecule has 0 unspecified atom stereocenters. The van der Waals surface area contributed by atoms with Crippen molar-refractivity contribution in [2.75, 3.05) is 42.3 Å². The second-order valence-electron chi connectivity index (χ2n) is 25.6. The number of hydrogen-bond donors (Lipinski definition) is 3. The fourth-order valence-corrected chi connectivity index (χ4v) is 19.2. The number of rotatable bonds is 15. The van der Waals surface area contributed by atoms with E-state index in [1.165, 1.54) is 64.7 Å². The summed E-state index contributed by atoms with van der Waals surface area (Å²) in [6, 6.07) is 65.2. The van der Waals surface area contributed by atoms with E-state index < -0.39 is 54.1 Å². The molecule has 0 heterocycles. The first-order valence-electron chi connectivity index (χ1n) is 32.1. The van der Waals surface area contributed by atoms with Gasteiger partial charge in [0.2, 0.25) is 0 Å². The van der Waals surface area contributed by atoms with Crippen molar-refractivity contribution in [2.24, 2.45) is 0 Å². The van der Waals surface area contributed by atoms with Gasteiger partial charge in [0.1, 0.15) is 30.4 Å². The maximum Gasteiger partial charge on any atom is 0.124 e. The Bertz CT molecular complexity index is 3760. The van der Waals surface area contributed by atoms with E-state index in [0.29, 0.717) is 0 Å². The quantitative estimate of drug-likeness (QED) is 0.0670. The first-order valence-corrected chi connectivity index (χ1v) is 40.4. The molecular formula is C78H102N3O9P3S3. The van der Waals surface area contributed by atoms with Crippen molar-refractivity contribution in [3.63, 3.8) is 0 Å². The van der Waals surface area contributed by atoms with Gasteiger partial charge in [0, 0.05) is 0 Å². The minimum atomic E-state index is -4.50. The van der Waals surface area contributed by atoms with Gasteiger partial charge in [-0.15, -0.1) is 0 Å². The highest BCUT2D eigenvalue weighted by Crippen LogP contribution is 2.40. The SMILES string of the molecule is CC(C)[NH+](C)C.CC(C)[NH+](C)C.CC(C)[NH+](C)C.Cc1ccccc1P(c1ccccc1C)c1cc(S(=O)(=O)[O-])ccc1C.Cc1ccccc1P(c1ccccc1C)c1cc(S(=O)(=O)[O-])ccc1C.Cc1ccccc1P(c1ccccc1C)c1cc(S(=O)(=O)[O-])ccc1C. The highest BCUT2D eigenvalue weighted by molar-refractivity contribution is 7.86. The van der Waals surface area contributed by atoms with Gasteiger partial charge in [0.25, 0.3) is 0 Å². The predicted octanol–water partition coefficient (Wildman–Crippen LogP) is 8.44. The number of aryl methyl sites for hydroxylation is 9. The molecule has 0 spiro atoms. The first kappa shape index (κ1) is 82.3. The van der Waals surface area contributed by atoms with Crippen molar-refractivity contribution in [3.8, 4) is 0 Å². The van der Waals surface area contributed by atoms with Crippen LogP contribution in [0.5, 0.6) is 0 Å². The number of quaternary nitrogens is 3. The minimum absolute atomic E-state index is 0.173. The molecule has 0 fully saturated rings. The Hall–Kier alpha value is -6.12. The molecule has 0 aliphatic heterocycles. The summed E-state index contributed by atoms with van der Waals surface area (Å²) in [6.07, 6.45) is 0. The van der Waals surface area contributed by atoms with Gasteiger partial charge in [-0.1, -0.05) is 164 Å². The number of benzene rings is 9.